The zero-order valence-electron chi connectivity index (χ0n) is 32.6. The van der Waals surface area contributed by atoms with Crippen molar-refractivity contribution in [3.05, 3.63) is 194 Å². The summed E-state index contributed by atoms with van der Waals surface area (Å²) in [6.45, 7) is 4.19. The third kappa shape index (κ3) is 8.42. The Labute approximate surface area is 381 Å². The van der Waals surface area contributed by atoms with Gasteiger partial charge in [0.2, 0.25) is 5.95 Å². The van der Waals surface area contributed by atoms with Gasteiger partial charge in [0.05, 0.1) is 0 Å². The van der Waals surface area contributed by atoms with Gasteiger partial charge in [-0.05, 0) is 47.5 Å². The summed E-state index contributed by atoms with van der Waals surface area (Å²) in [6.07, 6.45) is 6.75. The number of aryl methyl sites for hydroxylation is 2. The van der Waals surface area contributed by atoms with Crippen molar-refractivity contribution in [3.8, 4) is 73.7 Å². The molecular formula is C51H32N6O2PdPt. The molecule has 0 saturated carbocycles. The summed E-state index contributed by atoms with van der Waals surface area (Å²) in [5.74, 6) is 2.47. The average Bonchev–Trinajstić information content (AvgIpc) is 3.60. The van der Waals surface area contributed by atoms with Gasteiger partial charge in [-0.25, -0.2) is 15.0 Å². The van der Waals surface area contributed by atoms with Crippen molar-refractivity contribution in [1.82, 2.24) is 29.5 Å². The number of hydrogen-bond acceptors (Lipinski definition) is 7. The maximum atomic E-state index is 6.40. The van der Waals surface area contributed by atoms with Crippen LogP contribution in [0.2, 0.25) is 0 Å². The Morgan fingerprint density at radius 2 is 0.918 bits per heavy atom. The minimum Gasteiger partial charge on any atom is -0.503 e. The largest absolute Gasteiger partial charge is 2.00 e. The molecule has 0 saturated heterocycles. The van der Waals surface area contributed by atoms with E-state index in [0.29, 0.717) is 40.0 Å². The summed E-state index contributed by atoms with van der Waals surface area (Å²) in [4.78, 5) is 22.6. The number of fused-ring (bicyclic) bond motifs is 3. The maximum absolute atomic E-state index is 6.40. The van der Waals surface area contributed by atoms with E-state index >= 15 is 0 Å². The summed E-state index contributed by atoms with van der Waals surface area (Å²) in [5, 5.41) is 1.83. The van der Waals surface area contributed by atoms with E-state index in [1.54, 1.807) is 0 Å². The molecule has 0 atom stereocenters. The molecule has 0 amide bonds. The molecule has 0 unspecified atom stereocenters. The second kappa shape index (κ2) is 17.9. The van der Waals surface area contributed by atoms with Crippen molar-refractivity contribution in [2.45, 2.75) is 13.8 Å². The van der Waals surface area contributed by atoms with Crippen LogP contribution in [0.3, 0.4) is 0 Å². The number of aromatic nitrogens is 6. The van der Waals surface area contributed by atoms with Crippen LogP contribution in [0.15, 0.2) is 159 Å². The zero-order valence-corrected chi connectivity index (χ0v) is 36.5. The fourth-order valence-electron chi connectivity index (χ4n) is 7.29. The van der Waals surface area contributed by atoms with Gasteiger partial charge >= 0.3 is 41.5 Å². The SMILES string of the molecule is Cc1cc(-c2[c-]c(Oc3[c-]c4c(cc3)c3ccc(Oc5[c-]c(-c6cc(C)c(-c7ccccc7)cn6)ccc5)[c-]c3n4-c3ncncn3)ccc2)ncc1-c1ccccc1.[Pd+2].[Pt+2]. The molecule has 298 valence electrons. The zero-order chi connectivity index (χ0) is 39.7. The number of nitrogens with zero attached hydrogens (tertiary/aromatic N) is 6. The summed E-state index contributed by atoms with van der Waals surface area (Å²) >= 11 is 0. The van der Waals surface area contributed by atoms with Crippen molar-refractivity contribution < 1.29 is 51.0 Å². The molecule has 10 aromatic rings. The molecule has 0 aliphatic carbocycles. The van der Waals surface area contributed by atoms with Crippen molar-refractivity contribution in [1.29, 1.82) is 0 Å². The number of ether oxygens (including phenoxy) is 2. The first-order valence-electron chi connectivity index (χ1n) is 19.0. The summed E-state index contributed by atoms with van der Waals surface area (Å²) in [5.41, 5.74) is 11.4. The molecule has 4 aromatic heterocycles. The molecule has 0 N–H and O–H groups in total. The Kier molecular flexibility index (Phi) is 12.1. The van der Waals surface area contributed by atoms with Crippen LogP contribution in [0.25, 0.3) is 72.5 Å². The van der Waals surface area contributed by atoms with E-state index in [9.17, 15) is 0 Å². The van der Waals surface area contributed by atoms with Crippen LogP contribution in [0, 0.1) is 38.1 Å². The molecule has 6 aromatic carbocycles. The van der Waals surface area contributed by atoms with Crippen molar-refractivity contribution >= 4 is 21.8 Å². The van der Waals surface area contributed by atoms with Gasteiger partial charge in [-0.3, -0.25) is 0 Å². The van der Waals surface area contributed by atoms with Gasteiger partial charge in [-0.1, -0.05) is 96.0 Å². The van der Waals surface area contributed by atoms with Crippen LogP contribution in [-0.2, 0) is 41.5 Å². The molecule has 10 rings (SSSR count). The Morgan fingerprint density at radius 3 is 1.36 bits per heavy atom. The Balaban J connectivity index is 0.00000257. The predicted octanol–water partition coefficient (Wildman–Crippen LogP) is 11.8. The van der Waals surface area contributed by atoms with E-state index < -0.39 is 0 Å². The molecule has 61 heavy (non-hydrogen) atoms. The topological polar surface area (TPSA) is 87.8 Å². The Hall–Kier alpha value is -6.62. The minimum atomic E-state index is 0. The van der Waals surface area contributed by atoms with Crippen molar-refractivity contribution in [2.75, 3.05) is 0 Å². The quantitative estimate of drug-likeness (QED) is 0.105. The molecule has 0 aliphatic heterocycles. The molecule has 0 spiro atoms. The van der Waals surface area contributed by atoms with Crippen LogP contribution < -0.4 is 9.47 Å². The van der Waals surface area contributed by atoms with E-state index in [1.165, 1.54) is 12.7 Å². The van der Waals surface area contributed by atoms with Gasteiger partial charge in [0.15, 0.2) is 0 Å². The van der Waals surface area contributed by atoms with Gasteiger partial charge in [-0.2, -0.15) is 22.9 Å². The molecule has 0 aliphatic rings. The molecule has 10 heteroatoms. The number of benzene rings is 6. The monoisotopic (exact) mass is 1060 g/mol. The standard InChI is InChI=1S/C51H32N6O2.Pd.Pt/c1-33-23-47(53-29-45(33)35-11-5-3-6-12-35)37-15-9-17-39(25-37)58-41-19-21-43-44-22-20-42(28-50(44)57(49(43)27-41)51-55-31-52-32-56-51)59-40-18-10-16-38(26-40)48-24-34(2)46(30-54-48)36-13-7-4-8-14-36;;/h3-24,29-32H,1-2H3;;/q-4;2*+2. The van der Waals surface area contributed by atoms with Gasteiger partial charge < -0.3 is 24.0 Å². The van der Waals surface area contributed by atoms with Crippen LogP contribution >= 0.6 is 0 Å². The normalized spacial score (nSPS) is 10.9. The van der Waals surface area contributed by atoms with E-state index in [2.05, 4.69) is 89.5 Å². The maximum Gasteiger partial charge on any atom is 2.00 e. The van der Waals surface area contributed by atoms with Gasteiger partial charge in [0.25, 0.3) is 0 Å². The first kappa shape index (κ1) is 41.1. The smallest absolute Gasteiger partial charge is 0.503 e. The number of pyridine rings is 2. The van der Waals surface area contributed by atoms with Crippen molar-refractivity contribution in [3.63, 3.8) is 0 Å². The van der Waals surface area contributed by atoms with Gasteiger partial charge in [0.1, 0.15) is 12.7 Å². The second-order valence-corrected chi connectivity index (χ2v) is 14.0. The summed E-state index contributed by atoms with van der Waals surface area (Å²) < 4.78 is 14.7. The average molecular weight is 1060 g/mol. The Bertz CT molecular complexity index is 2950. The fraction of sp³-hybridized carbons (Fsp3) is 0.0392. The van der Waals surface area contributed by atoms with Crippen molar-refractivity contribution in [2.24, 2.45) is 0 Å². The molecule has 4 heterocycles. The molecule has 0 radical (unpaired) electrons. The second-order valence-electron chi connectivity index (χ2n) is 14.0. The molecule has 8 nitrogen and oxygen atoms in total. The van der Waals surface area contributed by atoms with E-state index in [4.69, 9.17) is 19.4 Å². The van der Waals surface area contributed by atoms with Gasteiger partial charge in [-0.15, -0.1) is 71.8 Å². The number of rotatable bonds is 9. The van der Waals surface area contributed by atoms with Crippen LogP contribution in [0.1, 0.15) is 11.1 Å². The van der Waals surface area contributed by atoms with Crippen LogP contribution in [0.5, 0.6) is 23.0 Å². The molecule has 0 bridgehead atoms. The van der Waals surface area contributed by atoms with E-state index in [0.717, 1.165) is 66.7 Å². The summed E-state index contributed by atoms with van der Waals surface area (Å²) in [7, 11) is 0. The van der Waals surface area contributed by atoms with Crippen LogP contribution in [-0.4, -0.2) is 29.5 Å². The molecular weight excluding hydrogens is 1030 g/mol. The predicted molar refractivity (Wildman–Crippen MR) is 229 cm³/mol. The molecule has 0 fully saturated rings. The van der Waals surface area contributed by atoms with E-state index in [-0.39, 0.29) is 41.5 Å². The minimum absolute atomic E-state index is 0. The van der Waals surface area contributed by atoms with E-state index in [1.807, 2.05) is 114 Å². The first-order chi connectivity index (χ1) is 29.0. The first-order valence-corrected chi connectivity index (χ1v) is 19.0. The Morgan fingerprint density at radius 1 is 0.475 bits per heavy atom. The van der Waals surface area contributed by atoms with Gasteiger partial charge in [0, 0.05) is 46.5 Å². The third-order valence-corrected chi connectivity index (χ3v) is 10.1. The third-order valence-electron chi connectivity index (χ3n) is 10.1. The number of hydrogen-bond donors (Lipinski definition) is 0. The fourth-order valence-corrected chi connectivity index (χ4v) is 7.29. The summed E-state index contributed by atoms with van der Waals surface area (Å²) in [6, 6.07) is 57.8. The van der Waals surface area contributed by atoms with Crippen LogP contribution in [0.4, 0.5) is 0 Å².